The van der Waals surface area contributed by atoms with E-state index in [2.05, 4.69) is 10.3 Å². The molecule has 0 saturated carbocycles. The molecule has 0 aliphatic heterocycles. The molecule has 0 unspecified atom stereocenters. The standard InChI is InChI=1S/C10H8N2O2S/c13-10(12-9-4-2-6-15-9)14-8-3-1-5-11-7-8/h1-7H,(H,12,13). The first-order valence-corrected chi connectivity index (χ1v) is 5.15. The highest BCUT2D eigenvalue weighted by atomic mass is 32.1. The Labute approximate surface area is 90.5 Å². The predicted molar refractivity (Wildman–Crippen MR) is 58.2 cm³/mol. The number of amides is 1. The van der Waals surface area contributed by atoms with Gasteiger partial charge in [-0.2, -0.15) is 0 Å². The van der Waals surface area contributed by atoms with E-state index in [0.717, 1.165) is 5.00 Å². The van der Waals surface area contributed by atoms with Crippen LogP contribution in [0.3, 0.4) is 0 Å². The molecule has 0 fully saturated rings. The van der Waals surface area contributed by atoms with Crippen molar-refractivity contribution in [1.29, 1.82) is 0 Å². The average Bonchev–Trinajstić information content (AvgIpc) is 2.71. The summed E-state index contributed by atoms with van der Waals surface area (Å²) in [6.07, 6.45) is 2.59. The van der Waals surface area contributed by atoms with Crippen molar-refractivity contribution in [1.82, 2.24) is 4.98 Å². The van der Waals surface area contributed by atoms with E-state index in [0.29, 0.717) is 5.75 Å². The maximum absolute atomic E-state index is 11.3. The van der Waals surface area contributed by atoms with Gasteiger partial charge in [-0.1, -0.05) is 0 Å². The van der Waals surface area contributed by atoms with Crippen LogP contribution in [0.1, 0.15) is 0 Å². The normalized spacial score (nSPS) is 9.60. The fraction of sp³-hybridized carbons (Fsp3) is 0. The number of carbonyl (C=O) groups is 1. The van der Waals surface area contributed by atoms with Gasteiger partial charge >= 0.3 is 6.09 Å². The van der Waals surface area contributed by atoms with Crippen LogP contribution >= 0.6 is 11.3 Å². The lowest BCUT2D eigenvalue weighted by Crippen LogP contribution is -2.15. The molecule has 0 aromatic carbocycles. The van der Waals surface area contributed by atoms with E-state index >= 15 is 0 Å². The summed E-state index contributed by atoms with van der Waals surface area (Å²) in [6.45, 7) is 0. The Hall–Kier alpha value is -1.88. The molecule has 0 atom stereocenters. The summed E-state index contributed by atoms with van der Waals surface area (Å²) in [6, 6.07) is 7.02. The summed E-state index contributed by atoms with van der Waals surface area (Å²) in [7, 11) is 0. The Kier molecular flexibility index (Phi) is 2.94. The largest absolute Gasteiger partial charge is 0.417 e. The van der Waals surface area contributed by atoms with Gasteiger partial charge in [-0.25, -0.2) is 4.79 Å². The van der Waals surface area contributed by atoms with Gasteiger partial charge in [-0.3, -0.25) is 10.3 Å². The molecule has 2 rings (SSSR count). The van der Waals surface area contributed by atoms with Gasteiger partial charge in [0.2, 0.25) is 0 Å². The summed E-state index contributed by atoms with van der Waals surface area (Å²) in [5.41, 5.74) is 0. The highest BCUT2D eigenvalue weighted by Crippen LogP contribution is 2.15. The lowest BCUT2D eigenvalue weighted by atomic mass is 10.5. The molecule has 0 spiro atoms. The Balaban J connectivity index is 1.94. The molecular weight excluding hydrogens is 212 g/mol. The number of ether oxygens (including phenoxy) is 1. The van der Waals surface area contributed by atoms with Gasteiger partial charge in [0, 0.05) is 6.20 Å². The van der Waals surface area contributed by atoms with Gasteiger partial charge in [0.25, 0.3) is 0 Å². The molecular formula is C10H8N2O2S. The van der Waals surface area contributed by atoms with Crippen molar-refractivity contribution in [3.63, 3.8) is 0 Å². The van der Waals surface area contributed by atoms with Crippen LogP contribution in [-0.4, -0.2) is 11.1 Å². The summed E-state index contributed by atoms with van der Waals surface area (Å²) in [5, 5.41) is 5.23. The zero-order chi connectivity index (χ0) is 10.5. The molecule has 0 aliphatic carbocycles. The van der Waals surface area contributed by atoms with Crippen LogP contribution in [-0.2, 0) is 0 Å². The number of nitrogens with zero attached hydrogens (tertiary/aromatic N) is 1. The topological polar surface area (TPSA) is 51.2 Å². The SMILES string of the molecule is O=C(Nc1cccs1)Oc1cccnc1. The van der Waals surface area contributed by atoms with E-state index in [1.54, 1.807) is 24.4 Å². The Morgan fingerprint density at radius 3 is 3.00 bits per heavy atom. The summed E-state index contributed by atoms with van der Waals surface area (Å²) >= 11 is 1.43. The minimum Gasteiger partial charge on any atom is -0.408 e. The minimum atomic E-state index is -0.509. The molecule has 2 heterocycles. The zero-order valence-corrected chi connectivity index (χ0v) is 8.53. The quantitative estimate of drug-likeness (QED) is 0.846. The van der Waals surface area contributed by atoms with Gasteiger partial charge < -0.3 is 4.74 Å². The van der Waals surface area contributed by atoms with Crippen molar-refractivity contribution < 1.29 is 9.53 Å². The first-order chi connectivity index (χ1) is 7.34. The molecule has 5 heteroatoms. The molecule has 76 valence electrons. The number of hydrogen-bond acceptors (Lipinski definition) is 4. The molecule has 2 aromatic rings. The monoisotopic (exact) mass is 220 g/mol. The van der Waals surface area contributed by atoms with Crippen molar-refractivity contribution in [3.8, 4) is 5.75 Å². The maximum atomic E-state index is 11.3. The number of pyridine rings is 1. The van der Waals surface area contributed by atoms with Crippen LogP contribution in [0.5, 0.6) is 5.75 Å². The lowest BCUT2D eigenvalue weighted by Gasteiger charge is -2.03. The maximum Gasteiger partial charge on any atom is 0.417 e. The Morgan fingerprint density at radius 2 is 2.33 bits per heavy atom. The van der Waals surface area contributed by atoms with Crippen molar-refractivity contribution >= 4 is 22.4 Å². The molecule has 4 nitrogen and oxygen atoms in total. The second-order valence-electron chi connectivity index (χ2n) is 2.68. The van der Waals surface area contributed by atoms with Gasteiger partial charge in [-0.05, 0) is 29.6 Å². The van der Waals surface area contributed by atoms with Crippen LogP contribution in [0, 0.1) is 0 Å². The smallest absolute Gasteiger partial charge is 0.408 e. The van der Waals surface area contributed by atoms with Gasteiger partial charge in [0.15, 0.2) is 5.75 Å². The van der Waals surface area contributed by atoms with Crippen LogP contribution in [0.4, 0.5) is 9.80 Å². The molecule has 2 aromatic heterocycles. The summed E-state index contributed by atoms with van der Waals surface area (Å²) < 4.78 is 4.98. The van der Waals surface area contributed by atoms with E-state index in [1.165, 1.54) is 17.5 Å². The third kappa shape index (κ3) is 2.78. The predicted octanol–water partition coefficient (Wildman–Crippen LogP) is 2.75. The fourth-order valence-electron chi connectivity index (χ4n) is 0.990. The molecule has 0 radical (unpaired) electrons. The molecule has 15 heavy (non-hydrogen) atoms. The Bertz CT molecular complexity index is 428. The third-order valence-corrected chi connectivity index (χ3v) is 2.38. The first-order valence-electron chi connectivity index (χ1n) is 4.27. The van der Waals surface area contributed by atoms with Crippen LogP contribution in [0.25, 0.3) is 0 Å². The number of thiophene rings is 1. The molecule has 1 N–H and O–H groups in total. The highest BCUT2D eigenvalue weighted by Gasteiger charge is 2.04. The van der Waals surface area contributed by atoms with E-state index in [1.807, 2.05) is 11.4 Å². The number of anilines is 1. The third-order valence-electron chi connectivity index (χ3n) is 1.59. The van der Waals surface area contributed by atoms with Crippen molar-refractivity contribution in [2.45, 2.75) is 0 Å². The van der Waals surface area contributed by atoms with Gasteiger partial charge in [0.05, 0.1) is 11.2 Å². The second-order valence-corrected chi connectivity index (χ2v) is 3.63. The fourth-order valence-corrected chi connectivity index (χ4v) is 1.59. The molecule has 0 aliphatic rings. The van der Waals surface area contributed by atoms with Crippen LogP contribution < -0.4 is 10.1 Å². The summed E-state index contributed by atoms with van der Waals surface area (Å²) in [5.74, 6) is 0.423. The van der Waals surface area contributed by atoms with E-state index < -0.39 is 6.09 Å². The van der Waals surface area contributed by atoms with Crippen LogP contribution in [0.2, 0.25) is 0 Å². The van der Waals surface area contributed by atoms with E-state index in [-0.39, 0.29) is 0 Å². The number of rotatable bonds is 2. The first kappa shape index (κ1) is 9.67. The van der Waals surface area contributed by atoms with Crippen molar-refractivity contribution in [2.24, 2.45) is 0 Å². The molecule has 0 bridgehead atoms. The number of aromatic nitrogens is 1. The van der Waals surface area contributed by atoms with Gasteiger partial charge in [-0.15, -0.1) is 11.3 Å². The second kappa shape index (κ2) is 4.56. The summed E-state index contributed by atoms with van der Waals surface area (Å²) in [4.78, 5) is 15.2. The van der Waals surface area contributed by atoms with E-state index in [9.17, 15) is 4.79 Å². The lowest BCUT2D eigenvalue weighted by molar-refractivity contribution is 0.215. The zero-order valence-electron chi connectivity index (χ0n) is 7.71. The van der Waals surface area contributed by atoms with Crippen molar-refractivity contribution in [2.75, 3.05) is 5.32 Å². The highest BCUT2D eigenvalue weighted by molar-refractivity contribution is 7.14. The van der Waals surface area contributed by atoms with E-state index in [4.69, 9.17) is 4.74 Å². The number of hydrogen-bond donors (Lipinski definition) is 1. The van der Waals surface area contributed by atoms with Gasteiger partial charge in [0.1, 0.15) is 0 Å². The number of carbonyl (C=O) groups excluding carboxylic acids is 1. The van der Waals surface area contributed by atoms with Crippen LogP contribution in [0.15, 0.2) is 42.0 Å². The average molecular weight is 220 g/mol. The van der Waals surface area contributed by atoms with Crippen molar-refractivity contribution in [3.05, 3.63) is 42.0 Å². The Morgan fingerprint density at radius 1 is 1.40 bits per heavy atom. The molecule has 1 amide bonds. The number of nitrogens with one attached hydrogen (secondary N) is 1. The molecule has 0 saturated heterocycles. The minimum absolute atomic E-state index is 0.423.